The van der Waals surface area contributed by atoms with Crippen LogP contribution in [0.1, 0.15) is 13.8 Å². The highest BCUT2D eigenvalue weighted by Gasteiger charge is 2.32. The Hall–Kier alpha value is -2.11. The molecule has 18 heavy (non-hydrogen) atoms. The summed E-state index contributed by atoms with van der Waals surface area (Å²) in [5.41, 5.74) is 1.27. The summed E-state index contributed by atoms with van der Waals surface area (Å²) in [6, 6.07) is 6.97. The van der Waals surface area contributed by atoms with Crippen LogP contribution in [0.25, 0.3) is 0 Å². The molecule has 0 saturated carbocycles. The molecule has 1 unspecified atom stereocenters. The van der Waals surface area contributed by atoms with Crippen molar-refractivity contribution in [2.75, 3.05) is 23.1 Å². The number of carbonyl (C=O) groups excluding carboxylic acids is 1. The molecule has 0 aromatic heterocycles. The summed E-state index contributed by atoms with van der Waals surface area (Å²) in [5, 5.41) is 4.39. The third-order valence-electron chi connectivity index (χ3n) is 2.86. The predicted molar refractivity (Wildman–Crippen MR) is 68.5 cm³/mol. The van der Waals surface area contributed by atoms with E-state index in [1.54, 1.807) is 25.1 Å². The lowest BCUT2D eigenvalue weighted by molar-refractivity contribution is 0.159. The third kappa shape index (κ3) is 2.01. The Labute approximate surface area is 105 Å². The van der Waals surface area contributed by atoms with Crippen LogP contribution in [0.2, 0.25) is 0 Å². The molecule has 2 rings (SSSR count). The van der Waals surface area contributed by atoms with Crippen LogP contribution in [0.5, 0.6) is 0 Å². The van der Waals surface area contributed by atoms with Gasteiger partial charge in [0.15, 0.2) is 0 Å². The van der Waals surface area contributed by atoms with Crippen molar-refractivity contribution in [3.8, 4) is 0 Å². The fraction of sp³-hybridized carbons (Fsp3) is 0.417. The van der Waals surface area contributed by atoms with Gasteiger partial charge in [-0.05, 0) is 26.0 Å². The van der Waals surface area contributed by atoms with Gasteiger partial charge in [0.25, 0.3) is 0 Å². The predicted octanol–water partition coefficient (Wildman–Crippen LogP) is 2.54. The number of para-hydroxylation sites is 2. The summed E-state index contributed by atoms with van der Waals surface area (Å²) in [6.45, 7) is 4.29. The molecule has 0 aliphatic carbocycles. The first-order valence-corrected chi connectivity index (χ1v) is 5.84. The number of anilines is 2. The second-order valence-corrected chi connectivity index (χ2v) is 4.07. The molecule has 1 aliphatic heterocycles. The summed E-state index contributed by atoms with van der Waals surface area (Å²) < 4.78 is 5.02. The lowest BCUT2D eigenvalue weighted by Crippen LogP contribution is -2.47. The van der Waals surface area contributed by atoms with Crippen LogP contribution in [-0.4, -0.2) is 25.3 Å². The van der Waals surface area contributed by atoms with Crippen molar-refractivity contribution >= 4 is 17.5 Å². The molecule has 0 fully saturated rings. The normalized spacial score (nSPS) is 18.2. The fourth-order valence-electron chi connectivity index (χ4n) is 2.06. The standard InChI is InChI=1S/C12H15N3O3/c1-3-18-12(16)14-8-9(2)15(13-17)11-7-5-4-6-10(11)14/h4-7,9H,3,8H2,1-2H3. The monoisotopic (exact) mass is 249 g/mol. The number of nitrogens with zero attached hydrogens (tertiary/aromatic N) is 3. The highest BCUT2D eigenvalue weighted by Crippen LogP contribution is 2.35. The molecule has 6 nitrogen and oxygen atoms in total. The van der Waals surface area contributed by atoms with Gasteiger partial charge in [-0.3, -0.25) is 4.90 Å². The van der Waals surface area contributed by atoms with Gasteiger partial charge in [0.05, 0.1) is 35.9 Å². The lowest BCUT2D eigenvalue weighted by Gasteiger charge is -2.36. The van der Waals surface area contributed by atoms with Gasteiger partial charge in [0.2, 0.25) is 0 Å². The van der Waals surface area contributed by atoms with Crippen molar-refractivity contribution in [1.82, 2.24) is 0 Å². The minimum absolute atomic E-state index is 0.179. The Morgan fingerprint density at radius 1 is 1.44 bits per heavy atom. The van der Waals surface area contributed by atoms with Crippen LogP contribution in [0.3, 0.4) is 0 Å². The second-order valence-electron chi connectivity index (χ2n) is 4.07. The molecule has 6 heteroatoms. The molecule has 0 bridgehead atoms. The van der Waals surface area contributed by atoms with E-state index in [0.29, 0.717) is 24.5 Å². The first-order chi connectivity index (χ1) is 8.69. The van der Waals surface area contributed by atoms with Crippen LogP contribution in [0.15, 0.2) is 29.6 Å². The molecular weight excluding hydrogens is 234 g/mol. The Morgan fingerprint density at radius 2 is 2.11 bits per heavy atom. The summed E-state index contributed by atoms with van der Waals surface area (Å²) in [7, 11) is 0. The molecule has 0 saturated heterocycles. The average molecular weight is 249 g/mol. The molecule has 1 aromatic rings. The van der Waals surface area contributed by atoms with Gasteiger partial charge >= 0.3 is 6.09 Å². The smallest absolute Gasteiger partial charge is 0.414 e. The minimum Gasteiger partial charge on any atom is -0.449 e. The van der Waals surface area contributed by atoms with Gasteiger partial charge in [-0.2, -0.15) is 0 Å². The van der Waals surface area contributed by atoms with E-state index in [4.69, 9.17) is 4.74 Å². The summed E-state index contributed by atoms with van der Waals surface area (Å²) in [6.07, 6.45) is -0.401. The Morgan fingerprint density at radius 3 is 2.72 bits per heavy atom. The third-order valence-corrected chi connectivity index (χ3v) is 2.86. The number of benzene rings is 1. The molecule has 96 valence electrons. The number of nitroso groups, excluding NO2 is 1. The number of fused-ring (bicyclic) bond motifs is 1. The van der Waals surface area contributed by atoms with Gasteiger partial charge in [0, 0.05) is 0 Å². The van der Waals surface area contributed by atoms with Gasteiger partial charge in [0.1, 0.15) is 0 Å². The van der Waals surface area contributed by atoms with Crippen LogP contribution >= 0.6 is 0 Å². The molecule has 0 radical (unpaired) electrons. The Kier molecular flexibility index (Phi) is 3.45. The van der Waals surface area contributed by atoms with E-state index in [9.17, 15) is 9.70 Å². The number of ether oxygens (including phenoxy) is 1. The van der Waals surface area contributed by atoms with E-state index in [1.165, 1.54) is 9.91 Å². The second kappa shape index (κ2) is 5.03. The zero-order valence-electron chi connectivity index (χ0n) is 10.4. The van der Waals surface area contributed by atoms with Crippen LogP contribution < -0.4 is 9.91 Å². The van der Waals surface area contributed by atoms with Crippen LogP contribution in [0, 0.1) is 4.91 Å². The summed E-state index contributed by atoms with van der Waals surface area (Å²) in [5.74, 6) is 0. The van der Waals surface area contributed by atoms with Crippen LogP contribution in [0.4, 0.5) is 16.2 Å². The van der Waals surface area contributed by atoms with Crippen molar-refractivity contribution in [2.45, 2.75) is 19.9 Å². The Balaban J connectivity index is 2.40. The van der Waals surface area contributed by atoms with E-state index < -0.39 is 6.09 Å². The molecule has 1 heterocycles. The van der Waals surface area contributed by atoms with Crippen molar-refractivity contribution < 1.29 is 9.53 Å². The topological polar surface area (TPSA) is 62.2 Å². The van der Waals surface area contributed by atoms with Gasteiger partial charge < -0.3 is 4.74 Å². The molecule has 1 atom stereocenters. The Bertz CT molecular complexity index is 464. The SMILES string of the molecule is CCOC(=O)N1CC(C)N(N=O)c2ccccc21. The largest absolute Gasteiger partial charge is 0.449 e. The summed E-state index contributed by atoms with van der Waals surface area (Å²) >= 11 is 0. The summed E-state index contributed by atoms with van der Waals surface area (Å²) in [4.78, 5) is 24.3. The number of hydrogen-bond donors (Lipinski definition) is 0. The molecular formula is C12H15N3O3. The first kappa shape index (κ1) is 12.3. The maximum absolute atomic E-state index is 11.9. The molecule has 0 N–H and O–H groups in total. The van der Waals surface area contributed by atoms with E-state index in [1.807, 2.05) is 13.0 Å². The number of hydrogen-bond acceptors (Lipinski definition) is 4. The minimum atomic E-state index is -0.401. The molecule has 1 amide bonds. The van der Waals surface area contributed by atoms with Crippen molar-refractivity contribution in [1.29, 1.82) is 0 Å². The quantitative estimate of drug-likeness (QED) is 0.755. The van der Waals surface area contributed by atoms with Crippen LogP contribution in [-0.2, 0) is 4.74 Å². The van der Waals surface area contributed by atoms with Crippen molar-refractivity contribution in [2.24, 2.45) is 5.29 Å². The van der Waals surface area contributed by atoms with Crippen molar-refractivity contribution in [3.63, 3.8) is 0 Å². The van der Waals surface area contributed by atoms with E-state index >= 15 is 0 Å². The van der Waals surface area contributed by atoms with Crippen molar-refractivity contribution in [3.05, 3.63) is 29.2 Å². The van der Waals surface area contributed by atoms with E-state index in [-0.39, 0.29) is 6.04 Å². The molecule has 1 aromatic carbocycles. The van der Waals surface area contributed by atoms with Gasteiger partial charge in [-0.15, -0.1) is 4.91 Å². The maximum atomic E-state index is 11.9. The number of amides is 1. The zero-order valence-corrected chi connectivity index (χ0v) is 10.4. The fourth-order valence-corrected chi connectivity index (χ4v) is 2.06. The molecule has 0 spiro atoms. The maximum Gasteiger partial charge on any atom is 0.414 e. The number of rotatable bonds is 2. The highest BCUT2D eigenvalue weighted by molar-refractivity contribution is 5.93. The molecule has 1 aliphatic rings. The zero-order chi connectivity index (χ0) is 13.1. The number of carbonyl (C=O) groups is 1. The van der Waals surface area contributed by atoms with E-state index in [0.717, 1.165) is 0 Å². The van der Waals surface area contributed by atoms with Gasteiger partial charge in [-0.25, -0.2) is 9.80 Å². The lowest BCUT2D eigenvalue weighted by atomic mass is 10.1. The highest BCUT2D eigenvalue weighted by atomic mass is 16.6. The average Bonchev–Trinajstić information content (AvgIpc) is 2.38. The first-order valence-electron chi connectivity index (χ1n) is 5.84. The van der Waals surface area contributed by atoms with E-state index in [2.05, 4.69) is 5.29 Å². The van der Waals surface area contributed by atoms with Gasteiger partial charge in [-0.1, -0.05) is 12.1 Å².